The van der Waals surface area contributed by atoms with Gasteiger partial charge in [-0.1, -0.05) is 26.8 Å². The van der Waals surface area contributed by atoms with Crippen LogP contribution in [0.3, 0.4) is 0 Å². The van der Waals surface area contributed by atoms with Gasteiger partial charge in [0.05, 0.1) is 18.9 Å². The van der Waals surface area contributed by atoms with Gasteiger partial charge in [-0.15, -0.1) is 0 Å². The summed E-state index contributed by atoms with van der Waals surface area (Å²) in [5.41, 5.74) is 7.68. The zero-order chi connectivity index (χ0) is 11.3. The minimum absolute atomic E-state index is 0.213. The van der Waals surface area contributed by atoms with Crippen molar-refractivity contribution in [3.8, 4) is 0 Å². The van der Waals surface area contributed by atoms with Gasteiger partial charge in [0.15, 0.2) is 0 Å². The molecule has 0 amide bonds. The van der Waals surface area contributed by atoms with Crippen molar-refractivity contribution in [3.63, 3.8) is 0 Å². The third-order valence-electron chi connectivity index (χ3n) is 1.90. The maximum atomic E-state index is 5.59. The van der Waals surface area contributed by atoms with E-state index in [0.717, 1.165) is 17.9 Å². The molecule has 0 saturated heterocycles. The second-order valence-electron chi connectivity index (χ2n) is 4.92. The van der Waals surface area contributed by atoms with E-state index < -0.39 is 0 Å². The monoisotopic (exact) mass is 208 g/mol. The number of rotatable bonds is 4. The van der Waals surface area contributed by atoms with Crippen LogP contribution in [0.25, 0.3) is 0 Å². The average molecular weight is 208 g/mol. The van der Waals surface area contributed by atoms with Gasteiger partial charge in [-0.05, 0) is 17.0 Å². The Bertz CT molecular complexity index is 287. The summed E-state index contributed by atoms with van der Waals surface area (Å²) in [6, 6.07) is 3.95. The van der Waals surface area contributed by atoms with Crippen molar-refractivity contribution in [2.75, 3.05) is 6.61 Å². The van der Waals surface area contributed by atoms with E-state index in [0.29, 0.717) is 13.2 Å². The first-order valence-corrected chi connectivity index (χ1v) is 5.23. The van der Waals surface area contributed by atoms with Crippen molar-refractivity contribution in [3.05, 3.63) is 29.6 Å². The number of ether oxygens (including phenoxy) is 1. The quantitative estimate of drug-likeness (QED) is 0.824. The molecule has 1 heterocycles. The highest BCUT2D eigenvalue weighted by molar-refractivity contribution is 5.12. The van der Waals surface area contributed by atoms with Gasteiger partial charge in [0.25, 0.3) is 0 Å². The van der Waals surface area contributed by atoms with Crippen molar-refractivity contribution in [1.29, 1.82) is 0 Å². The molecule has 0 saturated carbocycles. The largest absolute Gasteiger partial charge is 0.376 e. The summed E-state index contributed by atoms with van der Waals surface area (Å²) in [7, 11) is 0. The van der Waals surface area contributed by atoms with Crippen molar-refractivity contribution < 1.29 is 4.74 Å². The molecule has 0 aliphatic rings. The van der Waals surface area contributed by atoms with E-state index in [4.69, 9.17) is 10.5 Å². The van der Waals surface area contributed by atoms with E-state index in [2.05, 4.69) is 25.8 Å². The molecule has 0 aromatic carbocycles. The molecule has 15 heavy (non-hydrogen) atoms. The van der Waals surface area contributed by atoms with Crippen LogP contribution in [-0.2, 0) is 17.9 Å². The molecule has 1 aromatic heterocycles. The lowest BCUT2D eigenvalue weighted by molar-refractivity contribution is 0.0597. The molecular formula is C12H20N2O. The second-order valence-corrected chi connectivity index (χ2v) is 4.92. The van der Waals surface area contributed by atoms with Gasteiger partial charge in [0.1, 0.15) is 0 Å². The van der Waals surface area contributed by atoms with E-state index in [1.54, 1.807) is 0 Å². The zero-order valence-electron chi connectivity index (χ0n) is 9.79. The lowest BCUT2D eigenvalue weighted by atomic mass is 9.99. The van der Waals surface area contributed by atoms with Crippen LogP contribution in [0.2, 0.25) is 0 Å². The Morgan fingerprint density at radius 2 is 2.07 bits per heavy atom. The molecule has 3 heteroatoms. The summed E-state index contributed by atoms with van der Waals surface area (Å²) >= 11 is 0. The minimum Gasteiger partial charge on any atom is -0.376 e. The standard InChI is InChI=1S/C12H20N2O/c1-12(2,3)9-15-8-10-4-5-11(6-13)14-7-10/h4-5,7H,6,8-9,13H2,1-3H3. The predicted octanol–water partition coefficient (Wildman–Crippen LogP) is 2.10. The van der Waals surface area contributed by atoms with E-state index in [1.165, 1.54) is 0 Å². The molecule has 2 N–H and O–H groups in total. The predicted molar refractivity (Wildman–Crippen MR) is 61.2 cm³/mol. The highest BCUT2D eigenvalue weighted by Gasteiger charge is 2.09. The third kappa shape index (κ3) is 4.91. The molecule has 0 spiro atoms. The lowest BCUT2D eigenvalue weighted by Gasteiger charge is -2.17. The van der Waals surface area contributed by atoms with Gasteiger partial charge < -0.3 is 10.5 Å². The Hall–Kier alpha value is -0.930. The fourth-order valence-corrected chi connectivity index (χ4v) is 1.14. The van der Waals surface area contributed by atoms with Gasteiger partial charge in [-0.2, -0.15) is 0 Å². The third-order valence-corrected chi connectivity index (χ3v) is 1.90. The van der Waals surface area contributed by atoms with Crippen LogP contribution < -0.4 is 5.73 Å². The Balaban J connectivity index is 2.38. The molecule has 0 bridgehead atoms. The summed E-state index contributed by atoms with van der Waals surface area (Å²) in [6.45, 7) is 8.33. The molecule has 0 radical (unpaired) electrons. The Kier molecular flexibility index (Phi) is 4.24. The zero-order valence-corrected chi connectivity index (χ0v) is 9.79. The number of aromatic nitrogens is 1. The number of hydrogen-bond acceptors (Lipinski definition) is 3. The smallest absolute Gasteiger partial charge is 0.0732 e. The van der Waals surface area contributed by atoms with Crippen LogP contribution in [0.15, 0.2) is 18.3 Å². The summed E-state index contributed by atoms with van der Waals surface area (Å²) in [6.07, 6.45) is 1.82. The van der Waals surface area contributed by atoms with E-state index in [9.17, 15) is 0 Å². The summed E-state index contributed by atoms with van der Waals surface area (Å²) in [5.74, 6) is 0. The first-order valence-electron chi connectivity index (χ1n) is 5.23. The molecule has 0 fully saturated rings. The molecule has 3 nitrogen and oxygen atoms in total. The average Bonchev–Trinajstić information content (AvgIpc) is 2.17. The van der Waals surface area contributed by atoms with Crippen molar-refractivity contribution in [2.24, 2.45) is 11.1 Å². The fourth-order valence-electron chi connectivity index (χ4n) is 1.14. The highest BCUT2D eigenvalue weighted by atomic mass is 16.5. The number of nitrogens with two attached hydrogens (primary N) is 1. The first-order chi connectivity index (χ1) is 7.01. The SMILES string of the molecule is CC(C)(C)COCc1ccc(CN)nc1. The van der Waals surface area contributed by atoms with Crippen LogP contribution >= 0.6 is 0 Å². The molecule has 1 rings (SSSR count). The van der Waals surface area contributed by atoms with Crippen LogP contribution in [-0.4, -0.2) is 11.6 Å². The van der Waals surface area contributed by atoms with E-state index in [1.807, 2.05) is 18.3 Å². The molecule has 84 valence electrons. The maximum absolute atomic E-state index is 5.59. The van der Waals surface area contributed by atoms with Crippen molar-refractivity contribution >= 4 is 0 Å². The number of nitrogens with zero attached hydrogens (tertiary/aromatic N) is 1. The van der Waals surface area contributed by atoms with E-state index in [-0.39, 0.29) is 5.41 Å². The van der Waals surface area contributed by atoms with Gasteiger partial charge in [0.2, 0.25) is 0 Å². The van der Waals surface area contributed by atoms with Crippen molar-refractivity contribution in [2.45, 2.75) is 33.9 Å². The van der Waals surface area contributed by atoms with Gasteiger partial charge >= 0.3 is 0 Å². The Morgan fingerprint density at radius 1 is 1.33 bits per heavy atom. The van der Waals surface area contributed by atoms with Crippen LogP contribution in [0.4, 0.5) is 0 Å². The van der Waals surface area contributed by atoms with Crippen LogP contribution in [0, 0.1) is 5.41 Å². The second kappa shape index (κ2) is 5.24. The van der Waals surface area contributed by atoms with Crippen LogP contribution in [0.1, 0.15) is 32.0 Å². The molecular weight excluding hydrogens is 188 g/mol. The Morgan fingerprint density at radius 3 is 2.53 bits per heavy atom. The fraction of sp³-hybridized carbons (Fsp3) is 0.583. The first kappa shape index (κ1) is 12.1. The number of pyridine rings is 1. The van der Waals surface area contributed by atoms with Gasteiger partial charge in [0, 0.05) is 12.7 Å². The maximum Gasteiger partial charge on any atom is 0.0732 e. The highest BCUT2D eigenvalue weighted by Crippen LogP contribution is 2.14. The minimum atomic E-state index is 0.213. The molecule has 1 aromatic rings. The summed E-state index contributed by atoms with van der Waals surface area (Å²) in [5, 5.41) is 0. The van der Waals surface area contributed by atoms with E-state index >= 15 is 0 Å². The Labute approximate surface area is 91.7 Å². The van der Waals surface area contributed by atoms with Crippen LogP contribution in [0.5, 0.6) is 0 Å². The lowest BCUT2D eigenvalue weighted by Crippen LogP contribution is -2.14. The molecule has 0 aliphatic heterocycles. The summed E-state index contributed by atoms with van der Waals surface area (Å²) < 4.78 is 5.59. The van der Waals surface area contributed by atoms with Crippen molar-refractivity contribution in [1.82, 2.24) is 4.98 Å². The van der Waals surface area contributed by atoms with Gasteiger partial charge in [-0.3, -0.25) is 4.98 Å². The topological polar surface area (TPSA) is 48.1 Å². The molecule has 0 aliphatic carbocycles. The molecule has 0 atom stereocenters. The van der Waals surface area contributed by atoms with Gasteiger partial charge in [-0.25, -0.2) is 0 Å². The molecule has 0 unspecified atom stereocenters. The normalized spacial score (nSPS) is 11.7. The summed E-state index contributed by atoms with van der Waals surface area (Å²) in [4.78, 5) is 4.21. The number of hydrogen-bond donors (Lipinski definition) is 1.